The molecule has 2 fully saturated rings. The Balaban J connectivity index is 2.02. The molecule has 0 aromatic carbocycles. The zero-order valence-corrected chi connectivity index (χ0v) is 3.72. The van der Waals surface area contributed by atoms with E-state index in [9.17, 15) is 0 Å². The first-order valence-electron chi connectivity index (χ1n) is 3.05. The molecule has 1 heterocycles. The van der Waals surface area contributed by atoms with Gasteiger partial charge in [0.25, 0.3) is 0 Å². The van der Waals surface area contributed by atoms with Crippen LogP contribution in [0.5, 0.6) is 0 Å². The Morgan fingerprint density at radius 1 is 1.50 bits per heavy atom. The van der Waals surface area contributed by atoms with Gasteiger partial charge in [-0.25, -0.2) is 0 Å². The predicted molar refractivity (Wildman–Crippen MR) is 24.5 cm³/mol. The Hall–Kier alpha value is -0.0400. The zero-order chi connectivity index (χ0) is 4.85. The van der Waals surface area contributed by atoms with Gasteiger partial charge >= 0.3 is 0 Å². The molecule has 2 aliphatic rings. The maximum atomic E-state index is 7.13. The van der Waals surface area contributed by atoms with Crippen LogP contribution in [0, 0.1) is 11.8 Å². The minimum absolute atomic E-state index is 0.928. The van der Waals surface area contributed by atoms with Gasteiger partial charge in [0.1, 0.15) is 1.41 Å². The number of piperidine rings is 1. The molecule has 6 heavy (non-hydrogen) atoms. The van der Waals surface area contributed by atoms with Crippen molar-refractivity contribution >= 4 is 0 Å². The minimum Gasteiger partial charge on any atom is -0.316 e. The maximum Gasteiger partial charge on any atom is 0.122 e. The van der Waals surface area contributed by atoms with Crippen LogP contribution in [0.25, 0.3) is 0 Å². The van der Waals surface area contributed by atoms with Crippen LogP contribution in [-0.4, -0.2) is 13.1 Å². The van der Waals surface area contributed by atoms with Crippen molar-refractivity contribution in [2.75, 3.05) is 13.1 Å². The van der Waals surface area contributed by atoms with Gasteiger partial charge in [0.15, 0.2) is 0 Å². The highest BCUT2D eigenvalue weighted by Crippen LogP contribution is 2.40. The van der Waals surface area contributed by atoms with Crippen molar-refractivity contribution in [3.63, 3.8) is 0 Å². The van der Waals surface area contributed by atoms with Crippen LogP contribution in [0.1, 0.15) is 6.42 Å². The van der Waals surface area contributed by atoms with Gasteiger partial charge in [0.05, 0.1) is 0 Å². The van der Waals surface area contributed by atoms with Gasteiger partial charge in [-0.15, -0.1) is 0 Å². The lowest BCUT2D eigenvalue weighted by molar-refractivity contribution is 0.732. The normalized spacial score (nSPS) is 57.7. The molecule has 34 valence electrons. The molecule has 1 N–H and O–H groups in total. The molecule has 1 nitrogen and oxygen atoms in total. The molecule has 1 aliphatic heterocycles. The number of nitrogens with one attached hydrogen (secondary N) is 1. The number of rotatable bonds is 0. The zero-order valence-electron chi connectivity index (χ0n) is 4.72. The number of hydrogen-bond acceptors (Lipinski definition) is 1. The predicted octanol–water partition coefficient (Wildman–Crippen LogP) is 0.226. The Bertz CT molecular complexity index is 84.1. The molecule has 1 aliphatic carbocycles. The van der Waals surface area contributed by atoms with Crippen molar-refractivity contribution in [3.8, 4) is 0 Å². The first-order chi connectivity index (χ1) is 3.36. The smallest absolute Gasteiger partial charge is 0.122 e. The lowest BCUT2D eigenvalue weighted by Gasteiger charge is -1.87. The van der Waals surface area contributed by atoms with Crippen LogP contribution < -0.4 is 5.31 Å². The Labute approximate surface area is 39.2 Å². The minimum atomic E-state index is 0.928. The fourth-order valence-electron chi connectivity index (χ4n) is 1.16. The molecule has 1 saturated carbocycles. The summed E-state index contributed by atoms with van der Waals surface area (Å²) >= 11 is 0. The highest BCUT2D eigenvalue weighted by Gasteiger charge is 2.40. The van der Waals surface area contributed by atoms with Gasteiger partial charge in [-0.05, 0) is 31.3 Å². The molecular weight excluding hydrogens is 74.1 g/mol. The van der Waals surface area contributed by atoms with E-state index in [0.29, 0.717) is 0 Å². The van der Waals surface area contributed by atoms with Crippen LogP contribution in [0.3, 0.4) is 0 Å². The first kappa shape index (κ1) is 2.31. The fourth-order valence-corrected chi connectivity index (χ4v) is 1.16. The average molecular weight is 84.1 g/mol. The third-order valence-corrected chi connectivity index (χ3v) is 1.80. The van der Waals surface area contributed by atoms with Crippen LogP contribution in [0.2, 0.25) is 1.41 Å². The third kappa shape index (κ3) is 0.243. The summed E-state index contributed by atoms with van der Waals surface area (Å²) in [5.41, 5.74) is 0. The fraction of sp³-hybridized carbons (Fsp3) is 1.00. The van der Waals surface area contributed by atoms with E-state index in [0.717, 1.165) is 24.9 Å². The highest BCUT2D eigenvalue weighted by molar-refractivity contribution is 4.94. The Morgan fingerprint density at radius 3 is 2.50 bits per heavy atom. The topological polar surface area (TPSA) is 12.0 Å². The molecule has 0 spiro atoms. The van der Waals surface area contributed by atoms with E-state index in [1.165, 1.54) is 6.42 Å². The van der Waals surface area contributed by atoms with Gasteiger partial charge in [-0.2, -0.15) is 0 Å². The van der Waals surface area contributed by atoms with E-state index in [1.807, 2.05) is 0 Å². The third-order valence-electron chi connectivity index (χ3n) is 1.80. The van der Waals surface area contributed by atoms with Crippen molar-refractivity contribution < 1.29 is 1.41 Å². The monoisotopic (exact) mass is 84.1 g/mol. The van der Waals surface area contributed by atoms with E-state index in [-0.39, 0.29) is 0 Å². The second kappa shape index (κ2) is 0.784. The summed E-state index contributed by atoms with van der Waals surface area (Å²) in [6.07, 6.45) is 1.41. The molecule has 0 aromatic rings. The standard InChI is InChI=1S/C5H9N/c1-4-2-6-3-5(1)4/h4-6H,1-3H2/i/hD. The summed E-state index contributed by atoms with van der Waals surface area (Å²) in [7, 11) is 0. The number of hydrogen-bond donors (Lipinski definition) is 1. The van der Waals surface area contributed by atoms with Crippen molar-refractivity contribution in [2.24, 2.45) is 11.8 Å². The van der Waals surface area contributed by atoms with Gasteiger partial charge in [0, 0.05) is 0 Å². The lowest BCUT2D eigenvalue weighted by Crippen LogP contribution is -2.10. The van der Waals surface area contributed by atoms with Crippen molar-refractivity contribution in [3.05, 3.63) is 0 Å². The van der Waals surface area contributed by atoms with E-state index in [2.05, 4.69) is 0 Å². The van der Waals surface area contributed by atoms with Crippen LogP contribution in [0.4, 0.5) is 0 Å². The molecule has 2 rings (SSSR count). The van der Waals surface area contributed by atoms with Crippen molar-refractivity contribution in [1.29, 1.82) is 0 Å². The van der Waals surface area contributed by atoms with Crippen LogP contribution >= 0.6 is 0 Å². The molecule has 0 bridgehead atoms. The van der Waals surface area contributed by atoms with Crippen LogP contribution in [-0.2, 0) is 0 Å². The second-order valence-corrected chi connectivity index (χ2v) is 2.34. The van der Waals surface area contributed by atoms with E-state index in [1.54, 1.807) is 5.31 Å². The highest BCUT2D eigenvalue weighted by atomic mass is 14.9. The lowest BCUT2D eigenvalue weighted by atomic mass is 10.4. The average Bonchev–Trinajstić information content (AvgIpc) is 2.15. The van der Waals surface area contributed by atoms with Crippen molar-refractivity contribution in [1.82, 2.24) is 5.31 Å². The number of fused-ring (bicyclic) bond motifs is 1. The molecule has 2 unspecified atom stereocenters. The summed E-state index contributed by atoms with van der Waals surface area (Å²) in [5.74, 6) is 1.86. The van der Waals surface area contributed by atoms with Gasteiger partial charge in [-0.1, -0.05) is 0 Å². The summed E-state index contributed by atoms with van der Waals surface area (Å²) < 4.78 is 7.13. The summed E-state index contributed by atoms with van der Waals surface area (Å²) in [6.45, 7) is 2.09. The van der Waals surface area contributed by atoms with Crippen LogP contribution in [0.15, 0.2) is 0 Å². The summed E-state index contributed by atoms with van der Waals surface area (Å²) in [5, 5.41) is 1.68. The molecule has 0 amide bonds. The molecule has 1 heteroatoms. The van der Waals surface area contributed by atoms with Gasteiger partial charge in [-0.3, -0.25) is 0 Å². The van der Waals surface area contributed by atoms with E-state index < -0.39 is 0 Å². The van der Waals surface area contributed by atoms with Crippen molar-refractivity contribution in [2.45, 2.75) is 6.42 Å². The molecular formula is C5H9N. The quantitative estimate of drug-likeness (QED) is 0.443. The molecule has 2 atom stereocenters. The van der Waals surface area contributed by atoms with Gasteiger partial charge in [0.2, 0.25) is 0 Å². The second-order valence-electron chi connectivity index (χ2n) is 2.34. The molecule has 1 saturated heterocycles. The molecule has 0 radical (unpaired) electrons. The largest absolute Gasteiger partial charge is 0.316 e. The maximum absolute atomic E-state index is 7.13. The van der Waals surface area contributed by atoms with E-state index >= 15 is 0 Å². The SMILES string of the molecule is [2H]N1CC2CC2C1. The summed E-state index contributed by atoms with van der Waals surface area (Å²) in [6, 6.07) is 0. The van der Waals surface area contributed by atoms with Gasteiger partial charge < -0.3 is 5.31 Å². The molecule has 0 aromatic heterocycles. The Morgan fingerprint density at radius 2 is 2.17 bits per heavy atom. The first-order valence-corrected chi connectivity index (χ1v) is 2.60. The summed E-state index contributed by atoms with van der Waals surface area (Å²) in [4.78, 5) is 0. The Kier molecular flexibility index (Phi) is 0.302. The van der Waals surface area contributed by atoms with E-state index in [4.69, 9.17) is 1.41 Å².